The van der Waals surface area contributed by atoms with Crippen LogP contribution >= 0.6 is 24.8 Å². The lowest BCUT2D eigenvalue weighted by atomic mass is 10.1. The molecule has 1 aromatic carbocycles. The Balaban J connectivity index is 0.00000169. The van der Waals surface area contributed by atoms with Crippen molar-refractivity contribution in [3.8, 4) is 5.75 Å². The summed E-state index contributed by atoms with van der Waals surface area (Å²) in [5.74, 6) is 1.12. The van der Waals surface area contributed by atoms with E-state index >= 15 is 0 Å². The van der Waals surface area contributed by atoms with Gasteiger partial charge < -0.3 is 20.7 Å². The monoisotopic (exact) mass is 398 g/mol. The van der Waals surface area contributed by atoms with Gasteiger partial charge in [0.25, 0.3) is 5.91 Å². The normalized spacial score (nSPS) is 13.7. The number of hydrogen-bond donors (Lipinski definition) is 3. The van der Waals surface area contributed by atoms with Gasteiger partial charge in [0.2, 0.25) is 0 Å². The van der Waals surface area contributed by atoms with E-state index in [0.29, 0.717) is 17.1 Å². The van der Waals surface area contributed by atoms with E-state index in [1.165, 1.54) is 0 Å². The fourth-order valence-electron chi connectivity index (χ4n) is 2.79. The first-order valence-corrected chi connectivity index (χ1v) is 8.14. The van der Waals surface area contributed by atoms with Crippen LogP contribution < -0.4 is 20.7 Å². The maximum Gasteiger partial charge on any atom is 0.255 e. The third-order valence-electron chi connectivity index (χ3n) is 4.09. The number of methoxy groups -OCH3 is 1. The molecule has 3 N–H and O–H groups in total. The van der Waals surface area contributed by atoms with Crippen molar-refractivity contribution in [3.05, 3.63) is 48.2 Å². The molecule has 0 unspecified atom stereocenters. The molecule has 3 rings (SSSR count). The Morgan fingerprint density at radius 3 is 2.62 bits per heavy atom. The highest BCUT2D eigenvalue weighted by Gasteiger charge is 2.19. The van der Waals surface area contributed by atoms with Crippen LogP contribution in [-0.4, -0.2) is 37.1 Å². The van der Waals surface area contributed by atoms with Gasteiger partial charge in [-0.3, -0.25) is 4.79 Å². The molecule has 0 aliphatic carbocycles. The Morgan fingerprint density at radius 1 is 1.15 bits per heavy atom. The van der Waals surface area contributed by atoms with E-state index in [2.05, 4.69) is 20.9 Å². The van der Waals surface area contributed by atoms with Gasteiger partial charge in [-0.25, -0.2) is 4.98 Å². The minimum absolute atomic E-state index is 0. The second kappa shape index (κ2) is 10.9. The summed E-state index contributed by atoms with van der Waals surface area (Å²) >= 11 is 0. The van der Waals surface area contributed by atoms with Crippen molar-refractivity contribution >= 4 is 42.2 Å². The van der Waals surface area contributed by atoms with Crippen LogP contribution in [-0.2, 0) is 0 Å². The highest BCUT2D eigenvalue weighted by Crippen LogP contribution is 2.27. The molecular weight excluding hydrogens is 375 g/mol. The Kier molecular flexibility index (Phi) is 9.19. The largest absolute Gasteiger partial charge is 0.495 e. The van der Waals surface area contributed by atoms with Crippen molar-refractivity contribution in [3.63, 3.8) is 0 Å². The van der Waals surface area contributed by atoms with Crippen molar-refractivity contribution in [1.29, 1.82) is 0 Å². The van der Waals surface area contributed by atoms with Gasteiger partial charge in [-0.05, 0) is 50.2 Å². The Labute approximate surface area is 165 Å². The number of hydrogen-bond acceptors (Lipinski definition) is 5. The third kappa shape index (κ3) is 5.49. The summed E-state index contributed by atoms with van der Waals surface area (Å²) in [7, 11) is 1.61. The highest BCUT2D eigenvalue weighted by atomic mass is 35.5. The molecule has 1 aliphatic heterocycles. The topological polar surface area (TPSA) is 75.3 Å². The maximum atomic E-state index is 12.6. The molecule has 6 nitrogen and oxygen atoms in total. The van der Waals surface area contributed by atoms with E-state index in [1.807, 2.05) is 24.3 Å². The van der Waals surface area contributed by atoms with Crippen molar-refractivity contribution in [2.45, 2.75) is 18.9 Å². The number of benzene rings is 1. The van der Waals surface area contributed by atoms with Crippen LogP contribution in [0.2, 0.25) is 0 Å². The predicted octanol–water partition coefficient (Wildman–Crippen LogP) is 3.16. The fourth-order valence-corrected chi connectivity index (χ4v) is 2.79. The summed E-state index contributed by atoms with van der Waals surface area (Å²) in [6.45, 7) is 1.87. The second-order valence-corrected chi connectivity index (χ2v) is 5.72. The molecule has 0 bridgehead atoms. The van der Waals surface area contributed by atoms with E-state index in [4.69, 9.17) is 4.74 Å². The number of carbonyl (C=O) groups excluding carboxylic acids is 1. The van der Waals surface area contributed by atoms with Gasteiger partial charge in [0.15, 0.2) is 0 Å². The molecule has 0 saturated carbocycles. The van der Waals surface area contributed by atoms with Crippen LogP contribution in [0.3, 0.4) is 0 Å². The van der Waals surface area contributed by atoms with Gasteiger partial charge in [0.05, 0.1) is 18.4 Å². The number of rotatable bonds is 5. The number of piperidine rings is 1. The van der Waals surface area contributed by atoms with Crippen molar-refractivity contribution in [2.75, 3.05) is 25.5 Å². The first kappa shape index (κ1) is 22.0. The van der Waals surface area contributed by atoms with Gasteiger partial charge in [0, 0.05) is 12.2 Å². The Morgan fingerprint density at radius 2 is 1.88 bits per heavy atom. The number of nitrogens with zero attached hydrogens (tertiary/aromatic N) is 1. The maximum absolute atomic E-state index is 12.6. The van der Waals surface area contributed by atoms with Gasteiger partial charge in [-0.2, -0.15) is 0 Å². The Bertz CT molecular complexity index is 709. The number of para-hydroxylation sites is 2. The molecule has 8 heteroatoms. The lowest BCUT2D eigenvalue weighted by Crippen LogP contribution is -2.42. The molecule has 26 heavy (non-hydrogen) atoms. The number of aromatic nitrogens is 1. The zero-order valence-electron chi connectivity index (χ0n) is 14.5. The molecule has 2 aromatic rings. The van der Waals surface area contributed by atoms with Gasteiger partial charge >= 0.3 is 0 Å². The molecule has 142 valence electrons. The van der Waals surface area contributed by atoms with Gasteiger partial charge in [-0.15, -0.1) is 24.8 Å². The van der Waals surface area contributed by atoms with Crippen LogP contribution in [0.15, 0.2) is 42.6 Å². The van der Waals surface area contributed by atoms with Gasteiger partial charge in [-0.1, -0.05) is 12.1 Å². The van der Waals surface area contributed by atoms with Crippen LogP contribution in [0, 0.1) is 0 Å². The number of anilines is 2. The summed E-state index contributed by atoms with van der Waals surface area (Å²) in [6.07, 6.45) is 3.56. The smallest absolute Gasteiger partial charge is 0.255 e. The lowest BCUT2D eigenvalue weighted by Gasteiger charge is -2.24. The number of halogens is 2. The number of ether oxygens (including phenoxy) is 1. The molecule has 1 amide bonds. The molecular formula is C18H24Cl2N4O2. The zero-order valence-corrected chi connectivity index (χ0v) is 16.2. The summed E-state index contributed by atoms with van der Waals surface area (Å²) in [6, 6.07) is 11.3. The van der Waals surface area contributed by atoms with Crippen LogP contribution in [0.4, 0.5) is 11.5 Å². The first-order valence-electron chi connectivity index (χ1n) is 8.14. The summed E-state index contributed by atoms with van der Waals surface area (Å²) in [5.41, 5.74) is 1.30. The fraction of sp³-hybridized carbons (Fsp3) is 0.333. The lowest BCUT2D eigenvalue weighted by molar-refractivity contribution is 0.0930. The zero-order chi connectivity index (χ0) is 16.8. The van der Waals surface area contributed by atoms with E-state index in [-0.39, 0.29) is 36.8 Å². The molecule has 1 saturated heterocycles. The third-order valence-corrected chi connectivity index (χ3v) is 4.09. The Hall–Kier alpha value is -2.02. The molecule has 1 aromatic heterocycles. The summed E-state index contributed by atoms with van der Waals surface area (Å²) < 4.78 is 5.34. The predicted molar refractivity (Wildman–Crippen MR) is 108 cm³/mol. The van der Waals surface area contributed by atoms with Gasteiger partial charge in [0.1, 0.15) is 11.6 Å². The number of pyridine rings is 1. The molecule has 1 fully saturated rings. The van der Waals surface area contributed by atoms with Crippen LogP contribution in [0.1, 0.15) is 23.2 Å². The first-order chi connectivity index (χ1) is 11.8. The average Bonchev–Trinajstić information content (AvgIpc) is 2.63. The molecule has 1 aliphatic rings. The van der Waals surface area contributed by atoms with E-state index in [0.717, 1.165) is 31.6 Å². The molecule has 0 spiro atoms. The standard InChI is InChI=1S/C18H22N4O2.2ClH/c1-24-16-7-3-2-6-15(16)22-17-14(5-4-10-20-17)18(23)21-13-8-11-19-12-9-13;;/h2-7,10,13,19H,8-9,11-12H2,1H3,(H,20,22)(H,21,23);2*1H. The minimum Gasteiger partial charge on any atom is -0.495 e. The van der Waals surface area contributed by atoms with Crippen molar-refractivity contribution in [1.82, 2.24) is 15.6 Å². The number of amides is 1. The van der Waals surface area contributed by atoms with Crippen LogP contribution in [0.25, 0.3) is 0 Å². The SMILES string of the molecule is COc1ccccc1Nc1ncccc1C(=O)NC1CCNCC1.Cl.Cl. The minimum atomic E-state index is -0.104. The number of nitrogens with one attached hydrogen (secondary N) is 3. The molecule has 0 atom stereocenters. The van der Waals surface area contributed by atoms with Crippen molar-refractivity contribution in [2.24, 2.45) is 0 Å². The summed E-state index contributed by atoms with van der Waals surface area (Å²) in [4.78, 5) is 17.0. The van der Waals surface area contributed by atoms with E-state index in [1.54, 1.807) is 25.4 Å². The second-order valence-electron chi connectivity index (χ2n) is 5.72. The quantitative estimate of drug-likeness (QED) is 0.720. The van der Waals surface area contributed by atoms with Crippen LogP contribution in [0.5, 0.6) is 5.75 Å². The molecule has 2 heterocycles. The van der Waals surface area contributed by atoms with E-state index in [9.17, 15) is 4.79 Å². The number of carbonyl (C=O) groups is 1. The van der Waals surface area contributed by atoms with E-state index < -0.39 is 0 Å². The highest BCUT2D eigenvalue weighted by molar-refractivity contribution is 5.99. The summed E-state index contributed by atoms with van der Waals surface area (Å²) in [5, 5.41) is 9.60. The van der Waals surface area contributed by atoms with Crippen molar-refractivity contribution < 1.29 is 9.53 Å². The molecule has 0 radical (unpaired) electrons. The average molecular weight is 399 g/mol.